The molecule has 0 saturated heterocycles. The average molecular weight is 382 g/mol. The smallest absolute Gasteiger partial charge is 0.341 e. The molecule has 2 aromatic heterocycles. The van der Waals surface area contributed by atoms with E-state index in [0.717, 1.165) is 16.3 Å². The molecule has 5 nitrogen and oxygen atoms in total. The minimum absolute atomic E-state index is 0.334. The van der Waals surface area contributed by atoms with Gasteiger partial charge in [-0.3, -0.25) is 4.68 Å². The van der Waals surface area contributed by atoms with E-state index in [1.165, 1.54) is 17.5 Å². The Labute approximate surface area is 152 Å². The van der Waals surface area contributed by atoms with Crippen molar-refractivity contribution in [2.75, 3.05) is 6.61 Å². The Kier molecular flexibility index (Phi) is 5.18. The minimum Gasteiger partial charge on any atom is -0.462 e. The number of esters is 1. The van der Waals surface area contributed by atoms with Crippen LogP contribution in [0.2, 0.25) is 10.0 Å². The Balaban J connectivity index is 1.77. The lowest BCUT2D eigenvalue weighted by Gasteiger charge is -2.02. The summed E-state index contributed by atoms with van der Waals surface area (Å²) in [6.45, 7) is 2.56. The first-order valence-corrected chi connectivity index (χ1v) is 8.80. The van der Waals surface area contributed by atoms with Gasteiger partial charge in [-0.05, 0) is 13.0 Å². The van der Waals surface area contributed by atoms with Crippen LogP contribution in [0.25, 0.3) is 11.3 Å². The van der Waals surface area contributed by atoms with Gasteiger partial charge in [0.1, 0.15) is 5.01 Å². The number of halogens is 2. The monoisotopic (exact) mass is 381 g/mol. The molecular formula is C16H13Cl2N3O2S. The highest BCUT2D eigenvalue weighted by Gasteiger charge is 2.13. The van der Waals surface area contributed by atoms with Gasteiger partial charge in [0.2, 0.25) is 0 Å². The third-order valence-corrected chi connectivity index (χ3v) is 4.87. The predicted octanol–water partition coefficient (Wildman–Crippen LogP) is 4.54. The van der Waals surface area contributed by atoms with Crippen molar-refractivity contribution in [1.82, 2.24) is 14.8 Å². The molecule has 124 valence electrons. The van der Waals surface area contributed by atoms with Gasteiger partial charge >= 0.3 is 5.97 Å². The Morgan fingerprint density at radius 2 is 2.21 bits per heavy atom. The van der Waals surface area contributed by atoms with E-state index in [2.05, 4.69) is 10.1 Å². The summed E-state index contributed by atoms with van der Waals surface area (Å²) in [7, 11) is 0. The van der Waals surface area contributed by atoms with Crippen LogP contribution in [0.1, 0.15) is 22.3 Å². The molecule has 0 aliphatic heterocycles. The number of hydrogen-bond acceptors (Lipinski definition) is 5. The largest absolute Gasteiger partial charge is 0.462 e. The summed E-state index contributed by atoms with van der Waals surface area (Å²) in [6, 6.07) is 5.45. The molecule has 2 heterocycles. The number of carbonyl (C=O) groups is 1. The van der Waals surface area contributed by atoms with Gasteiger partial charge in [0.25, 0.3) is 0 Å². The number of rotatable bonds is 5. The molecule has 0 unspecified atom stereocenters. The molecule has 3 rings (SSSR count). The van der Waals surface area contributed by atoms with Crippen LogP contribution < -0.4 is 0 Å². The SMILES string of the molecule is CCOC(=O)c1cnn(Cc2nc(-c3cccc(Cl)c3Cl)cs2)c1. The van der Waals surface area contributed by atoms with Gasteiger partial charge in [-0.2, -0.15) is 5.10 Å². The lowest BCUT2D eigenvalue weighted by atomic mass is 10.2. The van der Waals surface area contributed by atoms with Gasteiger partial charge in [-0.15, -0.1) is 11.3 Å². The first kappa shape index (κ1) is 17.0. The van der Waals surface area contributed by atoms with Crippen LogP contribution in [-0.2, 0) is 11.3 Å². The molecule has 0 atom stereocenters. The highest BCUT2D eigenvalue weighted by molar-refractivity contribution is 7.09. The maximum atomic E-state index is 11.7. The first-order valence-electron chi connectivity index (χ1n) is 7.17. The number of hydrogen-bond donors (Lipinski definition) is 0. The molecule has 8 heteroatoms. The Bertz CT molecular complexity index is 876. The topological polar surface area (TPSA) is 57.0 Å². The van der Waals surface area contributed by atoms with Crippen molar-refractivity contribution in [3.8, 4) is 11.3 Å². The van der Waals surface area contributed by atoms with Gasteiger partial charge in [-0.1, -0.05) is 35.3 Å². The van der Waals surface area contributed by atoms with E-state index in [9.17, 15) is 4.79 Å². The zero-order chi connectivity index (χ0) is 17.1. The van der Waals surface area contributed by atoms with Crippen LogP contribution in [0.5, 0.6) is 0 Å². The van der Waals surface area contributed by atoms with Gasteiger partial charge in [0.05, 0.1) is 40.7 Å². The van der Waals surface area contributed by atoms with Gasteiger partial charge in [0.15, 0.2) is 0 Å². The van der Waals surface area contributed by atoms with E-state index in [-0.39, 0.29) is 5.97 Å². The highest BCUT2D eigenvalue weighted by Crippen LogP contribution is 2.33. The number of nitrogens with zero attached hydrogens (tertiary/aromatic N) is 3. The molecule has 0 spiro atoms. The fourth-order valence-electron chi connectivity index (χ4n) is 2.12. The first-order chi connectivity index (χ1) is 11.6. The van der Waals surface area contributed by atoms with Crippen LogP contribution in [0.15, 0.2) is 36.0 Å². The quantitative estimate of drug-likeness (QED) is 0.608. The van der Waals surface area contributed by atoms with Crippen molar-refractivity contribution in [1.29, 1.82) is 0 Å². The molecule has 0 saturated carbocycles. The highest BCUT2D eigenvalue weighted by atomic mass is 35.5. The molecule has 0 amide bonds. The Morgan fingerprint density at radius 1 is 1.38 bits per heavy atom. The predicted molar refractivity (Wildman–Crippen MR) is 94.9 cm³/mol. The molecule has 0 N–H and O–H groups in total. The summed E-state index contributed by atoms with van der Waals surface area (Å²) in [5, 5.41) is 7.91. The molecule has 3 aromatic rings. The van der Waals surface area contributed by atoms with Crippen LogP contribution in [-0.4, -0.2) is 27.3 Å². The summed E-state index contributed by atoms with van der Waals surface area (Å²) in [4.78, 5) is 16.2. The van der Waals surface area contributed by atoms with Crippen LogP contribution in [0, 0.1) is 0 Å². The number of aromatic nitrogens is 3. The van der Waals surface area contributed by atoms with Crippen molar-refractivity contribution in [2.24, 2.45) is 0 Å². The zero-order valence-electron chi connectivity index (χ0n) is 12.7. The molecule has 0 aliphatic carbocycles. The van der Waals surface area contributed by atoms with E-state index in [1.807, 2.05) is 17.5 Å². The molecule has 0 radical (unpaired) electrons. The fourth-order valence-corrected chi connectivity index (χ4v) is 3.30. The van der Waals surface area contributed by atoms with E-state index in [1.54, 1.807) is 23.9 Å². The molecular weight excluding hydrogens is 369 g/mol. The average Bonchev–Trinajstić information content (AvgIpc) is 3.20. The number of ether oxygens (including phenoxy) is 1. The summed E-state index contributed by atoms with van der Waals surface area (Å²) < 4.78 is 6.59. The molecule has 0 fully saturated rings. The Morgan fingerprint density at radius 3 is 3.00 bits per heavy atom. The fraction of sp³-hybridized carbons (Fsp3) is 0.188. The second-order valence-corrected chi connectivity index (χ2v) is 6.60. The van der Waals surface area contributed by atoms with Crippen LogP contribution in [0.4, 0.5) is 0 Å². The van der Waals surface area contributed by atoms with E-state index < -0.39 is 0 Å². The van der Waals surface area contributed by atoms with Gasteiger partial charge in [0, 0.05) is 17.1 Å². The molecule has 1 aromatic carbocycles. The zero-order valence-corrected chi connectivity index (χ0v) is 15.0. The van der Waals surface area contributed by atoms with Crippen molar-refractivity contribution in [3.63, 3.8) is 0 Å². The standard InChI is InChI=1S/C16H13Cl2N3O2S/c1-2-23-16(22)10-6-19-21(7-10)8-14-20-13(9-24-14)11-4-3-5-12(17)15(11)18/h3-7,9H,2,8H2,1H3. The number of carbonyl (C=O) groups excluding carboxylic acids is 1. The minimum atomic E-state index is -0.380. The maximum absolute atomic E-state index is 11.7. The third-order valence-electron chi connectivity index (χ3n) is 3.22. The van der Waals surface area contributed by atoms with E-state index in [0.29, 0.717) is 28.8 Å². The van der Waals surface area contributed by atoms with Crippen molar-refractivity contribution < 1.29 is 9.53 Å². The van der Waals surface area contributed by atoms with E-state index >= 15 is 0 Å². The van der Waals surface area contributed by atoms with Crippen molar-refractivity contribution >= 4 is 40.5 Å². The van der Waals surface area contributed by atoms with E-state index in [4.69, 9.17) is 27.9 Å². The Hall–Kier alpha value is -1.89. The molecule has 0 aliphatic rings. The number of benzene rings is 1. The van der Waals surface area contributed by atoms with Gasteiger partial charge < -0.3 is 4.74 Å². The second-order valence-electron chi connectivity index (χ2n) is 4.87. The van der Waals surface area contributed by atoms with Crippen molar-refractivity contribution in [2.45, 2.75) is 13.5 Å². The molecule has 0 bridgehead atoms. The van der Waals surface area contributed by atoms with Crippen LogP contribution >= 0.6 is 34.5 Å². The number of thiazole rings is 1. The second kappa shape index (κ2) is 7.34. The van der Waals surface area contributed by atoms with Crippen LogP contribution in [0.3, 0.4) is 0 Å². The summed E-state index contributed by atoms with van der Waals surface area (Å²) in [6.07, 6.45) is 3.13. The molecule has 24 heavy (non-hydrogen) atoms. The summed E-state index contributed by atoms with van der Waals surface area (Å²) in [5.41, 5.74) is 1.98. The lowest BCUT2D eigenvalue weighted by molar-refractivity contribution is 0.0526. The maximum Gasteiger partial charge on any atom is 0.341 e. The third kappa shape index (κ3) is 3.61. The van der Waals surface area contributed by atoms with Gasteiger partial charge in [-0.25, -0.2) is 9.78 Å². The lowest BCUT2D eigenvalue weighted by Crippen LogP contribution is -2.04. The normalized spacial score (nSPS) is 10.8. The summed E-state index contributed by atoms with van der Waals surface area (Å²) >= 11 is 13.8. The van der Waals surface area contributed by atoms with Crippen molar-refractivity contribution in [3.05, 3.63) is 56.6 Å². The summed E-state index contributed by atoms with van der Waals surface area (Å²) in [5.74, 6) is -0.380.